The molecular weight excluding hydrogens is 254 g/mol. The zero-order valence-corrected chi connectivity index (χ0v) is 13.0. The summed E-state index contributed by atoms with van der Waals surface area (Å²) in [7, 11) is 0. The maximum atomic E-state index is 11.9. The first kappa shape index (κ1) is 16.4. The summed E-state index contributed by atoms with van der Waals surface area (Å²) >= 11 is 0. The summed E-state index contributed by atoms with van der Waals surface area (Å²) in [5.41, 5.74) is 1.76. The number of carbonyl (C=O) groups is 1. The Labute approximate surface area is 121 Å². The van der Waals surface area contributed by atoms with Crippen molar-refractivity contribution in [2.75, 3.05) is 6.54 Å². The van der Waals surface area contributed by atoms with Gasteiger partial charge in [-0.2, -0.15) is 0 Å². The Hall–Kier alpha value is -1.62. The monoisotopic (exact) mass is 279 g/mol. The number of carbonyl (C=O) groups excluding carboxylic acids is 1. The van der Waals surface area contributed by atoms with Crippen LogP contribution in [0.3, 0.4) is 0 Å². The number of amides is 1. The van der Waals surface area contributed by atoms with E-state index >= 15 is 0 Å². The van der Waals surface area contributed by atoms with Gasteiger partial charge in [0.15, 0.2) is 6.10 Å². The van der Waals surface area contributed by atoms with Gasteiger partial charge in [0.05, 0.1) is 5.69 Å². The summed E-state index contributed by atoms with van der Waals surface area (Å²) in [6.45, 7) is 11.1. The maximum Gasteiger partial charge on any atom is 0.260 e. The first-order valence-electron chi connectivity index (χ1n) is 7.08. The Morgan fingerprint density at radius 1 is 1.35 bits per heavy atom. The number of rotatable bonds is 7. The smallest absolute Gasteiger partial charge is 0.260 e. The number of nitrogens with one attached hydrogen (secondary N) is 2. The third-order valence-electron chi connectivity index (χ3n) is 2.72. The SMILES string of the molecule is CCNCc1nc(C)ccc1OC(C)C(=O)NC(C)C. The molecule has 0 fully saturated rings. The lowest BCUT2D eigenvalue weighted by Crippen LogP contribution is -2.40. The van der Waals surface area contributed by atoms with Crippen molar-refractivity contribution in [2.24, 2.45) is 0 Å². The van der Waals surface area contributed by atoms with Crippen LogP contribution >= 0.6 is 0 Å². The average Bonchev–Trinajstić information content (AvgIpc) is 2.38. The molecule has 0 saturated carbocycles. The van der Waals surface area contributed by atoms with Crippen molar-refractivity contribution in [1.29, 1.82) is 0 Å². The minimum atomic E-state index is -0.540. The van der Waals surface area contributed by atoms with Gasteiger partial charge < -0.3 is 15.4 Å². The van der Waals surface area contributed by atoms with E-state index in [0.29, 0.717) is 12.3 Å². The third kappa shape index (κ3) is 5.17. The molecule has 0 aliphatic rings. The molecule has 1 atom stereocenters. The Morgan fingerprint density at radius 3 is 2.65 bits per heavy atom. The van der Waals surface area contributed by atoms with E-state index < -0.39 is 6.10 Å². The molecule has 1 unspecified atom stereocenters. The Bertz CT molecular complexity index is 447. The summed E-state index contributed by atoms with van der Waals surface area (Å²) in [6.07, 6.45) is -0.540. The lowest BCUT2D eigenvalue weighted by Gasteiger charge is -2.18. The number of pyridine rings is 1. The van der Waals surface area contributed by atoms with Gasteiger partial charge in [-0.25, -0.2) is 0 Å². The van der Waals surface area contributed by atoms with Crippen LogP contribution in [-0.4, -0.2) is 29.6 Å². The Balaban J connectivity index is 2.77. The number of aryl methyl sites for hydroxylation is 1. The zero-order valence-electron chi connectivity index (χ0n) is 13.0. The first-order chi connectivity index (χ1) is 9.43. The van der Waals surface area contributed by atoms with E-state index in [9.17, 15) is 4.79 Å². The quantitative estimate of drug-likeness (QED) is 0.799. The molecule has 0 bridgehead atoms. The van der Waals surface area contributed by atoms with Gasteiger partial charge in [0, 0.05) is 18.3 Å². The van der Waals surface area contributed by atoms with Crippen LogP contribution in [0.25, 0.3) is 0 Å². The summed E-state index contributed by atoms with van der Waals surface area (Å²) in [4.78, 5) is 16.3. The highest BCUT2D eigenvalue weighted by molar-refractivity contribution is 5.80. The van der Waals surface area contributed by atoms with Crippen molar-refractivity contribution in [3.63, 3.8) is 0 Å². The Kier molecular flexibility index (Phi) is 6.45. The number of ether oxygens (including phenoxy) is 1. The number of aromatic nitrogens is 1. The maximum absolute atomic E-state index is 11.9. The van der Waals surface area contributed by atoms with E-state index in [-0.39, 0.29) is 11.9 Å². The van der Waals surface area contributed by atoms with Gasteiger partial charge in [0.1, 0.15) is 5.75 Å². The fraction of sp³-hybridized carbons (Fsp3) is 0.600. The van der Waals surface area contributed by atoms with E-state index in [2.05, 4.69) is 15.6 Å². The molecular formula is C15H25N3O2. The molecule has 20 heavy (non-hydrogen) atoms. The number of hydrogen-bond donors (Lipinski definition) is 2. The van der Waals surface area contributed by atoms with Crippen molar-refractivity contribution >= 4 is 5.91 Å². The summed E-state index contributed by atoms with van der Waals surface area (Å²) in [5.74, 6) is 0.540. The van der Waals surface area contributed by atoms with Crippen molar-refractivity contribution in [1.82, 2.24) is 15.6 Å². The van der Waals surface area contributed by atoms with Crippen LogP contribution in [0.2, 0.25) is 0 Å². The van der Waals surface area contributed by atoms with Crippen molar-refractivity contribution < 1.29 is 9.53 Å². The van der Waals surface area contributed by atoms with Crippen LogP contribution in [0.4, 0.5) is 0 Å². The fourth-order valence-electron chi connectivity index (χ4n) is 1.72. The highest BCUT2D eigenvalue weighted by atomic mass is 16.5. The predicted octanol–water partition coefficient (Wildman–Crippen LogP) is 1.79. The summed E-state index contributed by atoms with van der Waals surface area (Å²) < 4.78 is 5.75. The largest absolute Gasteiger partial charge is 0.479 e. The Morgan fingerprint density at radius 2 is 2.05 bits per heavy atom. The standard InChI is InChI=1S/C15H25N3O2/c1-6-16-9-13-14(8-7-11(4)18-13)20-12(5)15(19)17-10(2)3/h7-8,10,12,16H,6,9H2,1-5H3,(H,17,19). The van der Waals surface area contributed by atoms with Gasteiger partial charge in [-0.1, -0.05) is 6.92 Å². The molecule has 1 amide bonds. The highest BCUT2D eigenvalue weighted by Gasteiger charge is 2.17. The number of nitrogens with zero attached hydrogens (tertiary/aromatic N) is 1. The van der Waals surface area contributed by atoms with Crippen LogP contribution in [-0.2, 0) is 11.3 Å². The van der Waals surface area contributed by atoms with E-state index in [1.807, 2.05) is 39.8 Å². The fourth-order valence-corrected chi connectivity index (χ4v) is 1.72. The normalized spacial score (nSPS) is 12.3. The van der Waals surface area contributed by atoms with Crippen LogP contribution in [0.5, 0.6) is 5.75 Å². The van der Waals surface area contributed by atoms with E-state index in [4.69, 9.17) is 4.74 Å². The van der Waals surface area contributed by atoms with Crippen LogP contribution in [0, 0.1) is 6.92 Å². The second-order valence-corrected chi connectivity index (χ2v) is 5.10. The molecule has 1 aromatic rings. The summed E-state index contributed by atoms with van der Waals surface area (Å²) in [5, 5.41) is 6.06. The van der Waals surface area contributed by atoms with Crippen molar-refractivity contribution in [2.45, 2.75) is 53.3 Å². The van der Waals surface area contributed by atoms with Crippen LogP contribution < -0.4 is 15.4 Å². The highest BCUT2D eigenvalue weighted by Crippen LogP contribution is 2.18. The van der Waals surface area contributed by atoms with Gasteiger partial charge in [-0.05, 0) is 46.4 Å². The molecule has 0 radical (unpaired) electrons. The zero-order chi connectivity index (χ0) is 15.1. The van der Waals surface area contributed by atoms with Crippen molar-refractivity contribution in [3.8, 4) is 5.75 Å². The molecule has 1 aromatic heterocycles. The molecule has 1 heterocycles. The molecule has 1 rings (SSSR count). The molecule has 0 aromatic carbocycles. The molecule has 5 nitrogen and oxygen atoms in total. The average molecular weight is 279 g/mol. The molecule has 0 saturated heterocycles. The second kappa shape index (κ2) is 7.85. The van der Waals surface area contributed by atoms with E-state index in [1.165, 1.54) is 0 Å². The lowest BCUT2D eigenvalue weighted by atomic mass is 10.2. The van der Waals surface area contributed by atoms with Gasteiger partial charge >= 0.3 is 0 Å². The topological polar surface area (TPSA) is 63.3 Å². The predicted molar refractivity (Wildman–Crippen MR) is 79.7 cm³/mol. The molecule has 5 heteroatoms. The van der Waals surface area contributed by atoms with Gasteiger partial charge in [0.25, 0.3) is 5.91 Å². The van der Waals surface area contributed by atoms with E-state index in [1.54, 1.807) is 6.92 Å². The summed E-state index contributed by atoms with van der Waals surface area (Å²) in [6, 6.07) is 3.86. The first-order valence-corrected chi connectivity index (χ1v) is 7.08. The van der Waals surface area contributed by atoms with Crippen LogP contribution in [0.1, 0.15) is 39.1 Å². The van der Waals surface area contributed by atoms with Gasteiger partial charge in [0.2, 0.25) is 0 Å². The molecule has 0 spiro atoms. The number of hydrogen-bond acceptors (Lipinski definition) is 4. The second-order valence-electron chi connectivity index (χ2n) is 5.10. The molecule has 0 aliphatic heterocycles. The van der Waals surface area contributed by atoms with Crippen molar-refractivity contribution in [3.05, 3.63) is 23.5 Å². The van der Waals surface area contributed by atoms with Crippen LogP contribution in [0.15, 0.2) is 12.1 Å². The van der Waals surface area contributed by atoms with Gasteiger partial charge in [-0.15, -0.1) is 0 Å². The van der Waals surface area contributed by atoms with Gasteiger partial charge in [-0.3, -0.25) is 9.78 Å². The third-order valence-corrected chi connectivity index (χ3v) is 2.72. The molecule has 0 aliphatic carbocycles. The molecule has 112 valence electrons. The minimum absolute atomic E-state index is 0.103. The minimum Gasteiger partial charge on any atom is -0.479 e. The van der Waals surface area contributed by atoms with E-state index in [0.717, 1.165) is 17.9 Å². The lowest BCUT2D eigenvalue weighted by molar-refractivity contribution is -0.127. The molecule has 2 N–H and O–H groups in total.